The van der Waals surface area contributed by atoms with E-state index in [9.17, 15) is 9.59 Å². The van der Waals surface area contributed by atoms with Crippen LogP contribution in [0.4, 0.5) is 4.79 Å². The van der Waals surface area contributed by atoms with E-state index in [0.717, 1.165) is 5.75 Å². The van der Waals surface area contributed by atoms with Gasteiger partial charge in [-0.3, -0.25) is 4.90 Å². The molecule has 1 N–H and O–H groups in total. The van der Waals surface area contributed by atoms with Crippen molar-refractivity contribution < 1.29 is 24.2 Å². The van der Waals surface area contributed by atoms with Crippen LogP contribution in [0.15, 0.2) is 0 Å². The molecule has 1 heterocycles. The summed E-state index contributed by atoms with van der Waals surface area (Å²) < 4.78 is 10.1. The zero-order chi connectivity index (χ0) is 16.0. The summed E-state index contributed by atoms with van der Waals surface area (Å²) in [6.07, 6.45) is 0.779. The topological polar surface area (TPSA) is 76.1 Å². The van der Waals surface area contributed by atoms with Crippen LogP contribution in [0.3, 0.4) is 0 Å². The molecule has 2 atom stereocenters. The van der Waals surface area contributed by atoms with Gasteiger partial charge in [-0.1, -0.05) is 0 Å². The van der Waals surface area contributed by atoms with Crippen LogP contribution in [-0.4, -0.2) is 65.0 Å². The summed E-state index contributed by atoms with van der Waals surface area (Å²) in [6.45, 7) is 5.99. The van der Waals surface area contributed by atoms with Crippen LogP contribution in [0.5, 0.6) is 0 Å². The van der Waals surface area contributed by atoms with Crippen molar-refractivity contribution in [3.63, 3.8) is 0 Å². The van der Waals surface area contributed by atoms with Crippen LogP contribution in [-0.2, 0) is 14.3 Å². The number of aliphatic hydroxyl groups is 1. The minimum Gasteiger partial charge on any atom is -0.467 e. The highest BCUT2D eigenvalue weighted by molar-refractivity contribution is 7.99. The van der Waals surface area contributed by atoms with E-state index in [0.29, 0.717) is 19.4 Å². The molecule has 1 fully saturated rings. The largest absolute Gasteiger partial charge is 0.467 e. The molecule has 1 saturated heterocycles. The van der Waals surface area contributed by atoms with Gasteiger partial charge in [0.1, 0.15) is 11.6 Å². The third-order valence-corrected chi connectivity index (χ3v) is 4.36. The molecule has 7 heteroatoms. The van der Waals surface area contributed by atoms with Crippen molar-refractivity contribution in [1.29, 1.82) is 0 Å². The van der Waals surface area contributed by atoms with Crippen molar-refractivity contribution in [3.8, 4) is 0 Å². The number of rotatable bonds is 5. The number of ether oxygens (including phenoxy) is 2. The monoisotopic (exact) mass is 319 g/mol. The van der Waals surface area contributed by atoms with E-state index in [1.807, 2.05) is 0 Å². The lowest BCUT2D eigenvalue weighted by Crippen LogP contribution is -2.43. The lowest BCUT2D eigenvalue weighted by Gasteiger charge is -2.27. The quantitative estimate of drug-likeness (QED) is 0.613. The Morgan fingerprint density at radius 3 is 2.57 bits per heavy atom. The van der Waals surface area contributed by atoms with Crippen LogP contribution >= 0.6 is 11.8 Å². The van der Waals surface area contributed by atoms with Crippen molar-refractivity contribution in [2.45, 2.75) is 50.5 Å². The fourth-order valence-electron chi connectivity index (χ4n) is 2.11. The van der Waals surface area contributed by atoms with Crippen LogP contribution in [0.25, 0.3) is 0 Å². The Morgan fingerprint density at radius 2 is 2.05 bits per heavy atom. The molecule has 122 valence electrons. The number of nitrogens with zero attached hydrogens (tertiary/aromatic N) is 1. The molecule has 1 rings (SSSR count). The average molecular weight is 319 g/mol. The van der Waals surface area contributed by atoms with E-state index >= 15 is 0 Å². The molecule has 0 spiro atoms. The third-order valence-electron chi connectivity index (χ3n) is 3.02. The molecule has 0 radical (unpaired) electrons. The third kappa shape index (κ3) is 5.74. The van der Waals surface area contributed by atoms with E-state index in [1.165, 1.54) is 12.0 Å². The summed E-state index contributed by atoms with van der Waals surface area (Å²) in [5.74, 6) is 0.392. The lowest BCUT2D eigenvalue weighted by atomic mass is 10.2. The highest BCUT2D eigenvalue weighted by Crippen LogP contribution is 2.30. The van der Waals surface area contributed by atoms with Crippen molar-refractivity contribution in [3.05, 3.63) is 0 Å². The number of likely N-dealkylation sites (tertiary alicyclic amines) is 1. The van der Waals surface area contributed by atoms with E-state index in [4.69, 9.17) is 14.6 Å². The maximum absolute atomic E-state index is 12.2. The zero-order valence-electron chi connectivity index (χ0n) is 13.1. The Bertz CT molecular complexity index is 369. The van der Waals surface area contributed by atoms with Gasteiger partial charge in [0.05, 0.1) is 7.11 Å². The molecule has 1 aliphatic heterocycles. The SMILES string of the molecule is COC(=O)C1CC(SCCCO)CN1C(=O)OC(C)(C)C. The normalized spacial score (nSPS) is 22.2. The van der Waals surface area contributed by atoms with Gasteiger partial charge in [0.25, 0.3) is 0 Å². The van der Waals surface area contributed by atoms with Gasteiger partial charge >= 0.3 is 12.1 Å². The molecular weight excluding hydrogens is 294 g/mol. The first-order chi connectivity index (χ1) is 9.78. The van der Waals surface area contributed by atoms with E-state index in [2.05, 4.69) is 0 Å². The van der Waals surface area contributed by atoms with Gasteiger partial charge in [-0.05, 0) is 39.4 Å². The molecule has 21 heavy (non-hydrogen) atoms. The van der Waals surface area contributed by atoms with Gasteiger partial charge in [-0.15, -0.1) is 0 Å². The lowest BCUT2D eigenvalue weighted by molar-refractivity contribution is -0.145. The van der Waals surface area contributed by atoms with Crippen molar-refractivity contribution in [1.82, 2.24) is 4.90 Å². The molecule has 1 aliphatic rings. The van der Waals surface area contributed by atoms with E-state index in [-0.39, 0.29) is 11.9 Å². The molecule has 1 amide bonds. The molecule has 0 aromatic rings. The van der Waals surface area contributed by atoms with Crippen LogP contribution in [0.1, 0.15) is 33.6 Å². The Kier molecular flexibility index (Phi) is 6.80. The molecule has 6 nitrogen and oxygen atoms in total. The molecule has 0 aromatic heterocycles. The molecule has 0 saturated carbocycles. The molecular formula is C14H25NO5S. The predicted molar refractivity (Wildman–Crippen MR) is 81.3 cm³/mol. The Morgan fingerprint density at radius 1 is 1.38 bits per heavy atom. The first-order valence-corrected chi connectivity index (χ1v) is 8.13. The number of hydrogen-bond acceptors (Lipinski definition) is 6. The number of hydrogen-bond donors (Lipinski definition) is 1. The first kappa shape index (κ1) is 18.1. The second-order valence-electron chi connectivity index (χ2n) is 5.98. The number of carbonyl (C=O) groups excluding carboxylic acids is 2. The minimum absolute atomic E-state index is 0.149. The number of amides is 1. The summed E-state index contributed by atoms with van der Waals surface area (Å²) in [5, 5.41) is 8.97. The summed E-state index contributed by atoms with van der Waals surface area (Å²) in [4.78, 5) is 25.5. The number of thioether (sulfide) groups is 1. The Balaban J connectivity index is 2.69. The number of methoxy groups -OCH3 is 1. The van der Waals surface area contributed by atoms with Crippen LogP contribution in [0.2, 0.25) is 0 Å². The first-order valence-electron chi connectivity index (χ1n) is 7.08. The Hall–Kier alpha value is -0.950. The molecule has 0 aliphatic carbocycles. The van der Waals surface area contributed by atoms with Gasteiger partial charge in [0.15, 0.2) is 0 Å². The molecule has 2 unspecified atom stereocenters. The second kappa shape index (κ2) is 7.89. The van der Waals surface area contributed by atoms with Gasteiger partial charge in [-0.2, -0.15) is 11.8 Å². The van der Waals surface area contributed by atoms with Gasteiger partial charge in [0, 0.05) is 18.4 Å². The molecule has 0 aromatic carbocycles. The number of aliphatic hydroxyl groups excluding tert-OH is 1. The highest BCUT2D eigenvalue weighted by atomic mass is 32.2. The van der Waals surface area contributed by atoms with Crippen molar-refractivity contribution in [2.24, 2.45) is 0 Å². The summed E-state index contributed by atoms with van der Waals surface area (Å²) in [6, 6.07) is -0.587. The van der Waals surface area contributed by atoms with Crippen molar-refractivity contribution >= 4 is 23.8 Å². The van der Waals surface area contributed by atoms with Gasteiger partial charge < -0.3 is 14.6 Å². The summed E-state index contributed by atoms with van der Waals surface area (Å²) in [7, 11) is 1.32. The number of esters is 1. The second-order valence-corrected chi connectivity index (χ2v) is 7.39. The average Bonchev–Trinajstić information content (AvgIpc) is 2.80. The smallest absolute Gasteiger partial charge is 0.411 e. The van der Waals surface area contributed by atoms with E-state index in [1.54, 1.807) is 32.5 Å². The highest BCUT2D eigenvalue weighted by Gasteiger charge is 2.42. The summed E-state index contributed by atoms with van der Waals surface area (Å²) >= 11 is 1.66. The predicted octanol–water partition coefficient (Wildman–Crippen LogP) is 1.65. The standard InChI is InChI=1S/C14H25NO5S/c1-14(2,3)20-13(18)15-9-10(21-7-5-6-16)8-11(15)12(17)19-4/h10-11,16H,5-9H2,1-4H3. The fraction of sp³-hybridized carbons (Fsp3) is 0.857. The Labute approximate surface area is 130 Å². The number of carbonyl (C=O) groups is 2. The maximum Gasteiger partial charge on any atom is 0.411 e. The van der Waals surface area contributed by atoms with E-state index < -0.39 is 23.7 Å². The van der Waals surface area contributed by atoms with Crippen molar-refractivity contribution in [2.75, 3.05) is 26.0 Å². The zero-order valence-corrected chi connectivity index (χ0v) is 13.9. The fourth-order valence-corrected chi connectivity index (χ4v) is 3.33. The summed E-state index contributed by atoms with van der Waals surface area (Å²) in [5.41, 5.74) is -0.597. The van der Waals surface area contributed by atoms with Gasteiger partial charge in [0.2, 0.25) is 0 Å². The van der Waals surface area contributed by atoms with Gasteiger partial charge in [-0.25, -0.2) is 9.59 Å². The van der Waals surface area contributed by atoms with Crippen LogP contribution < -0.4 is 0 Å². The minimum atomic E-state index is -0.597. The maximum atomic E-state index is 12.2. The molecule has 0 bridgehead atoms. The van der Waals surface area contributed by atoms with Crippen LogP contribution in [0, 0.1) is 0 Å².